The van der Waals surface area contributed by atoms with Crippen LogP contribution in [0.4, 0.5) is 5.69 Å². The van der Waals surface area contributed by atoms with E-state index in [0.29, 0.717) is 6.10 Å². The van der Waals surface area contributed by atoms with Crippen LogP contribution in [0.25, 0.3) is 0 Å². The molecule has 2 rings (SSSR count). The molecule has 1 aromatic carbocycles. The van der Waals surface area contributed by atoms with Gasteiger partial charge in [0.25, 0.3) is 0 Å². The number of anilines is 1. The molecular weight excluding hydrogens is 186 g/mol. The molecule has 1 atom stereocenters. The molecule has 0 amide bonds. The average Bonchev–Trinajstić information content (AvgIpc) is 2.65. The van der Waals surface area contributed by atoms with Crippen molar-refractivity contribution >= 4 is 5.69 Å². The summed E-state index contributed by atoms with van der Waals surface area (Å²) in [4.78, 5) is 0. The first-order valence-electron chi connectivity index (χ1n) is 5.68. The van der Waals surface area contributed by atoms with E-state index in [1.165, 1.54) is 29.7 Å². The van der Waals surface area contributed by atoms with Crippen LogP contribution in [0, 0.1) is 13.8 Å². The van der Waals surface area contributed by atoms with Gasteiger partial charge in [-0.05, 0) is 49.9 Å². The number of benzene rings is 1. The van der Waals surface area contributed by atoms with Crippen molar-refractivity contribution in [2.24, 2.45) is 0 Å². The molecule has 82 valence electrons. The zero-order chi connectivity index (χ0) is 10.7. The number of ether oxygens (including phenoxy) is 1. The van der Waals surface area contributed by atoms with Crippen LogP contribution >= 0.6 is 0 Å². The normalized spacial score (nSPS) is 20.5. The van der Waals surface area contributed by atoms with Crippen molar-refractivity contribution in [3.05, 3.63) is 29.3 Å². The van der Waals surface area contributed by atoms with Crippen LogP contribution in [-0.2, 0) is 4.74 Å². The topological polar surface area (TPSA) is 21.3 Å². The van der Waals surface area contributed by atoms with Gasteiger partial charge < -0.3 is 10.1 Å². The van der Waals surface area contributed by atoms with Gasteiger partial charge in [0.2, 0.25) is 0 Å². The summed E-state index contributed by atoms with van der Waals surface area (Å²) in [6.45, 7) is 6.12. The van der Waals surface area contributed by atoms with Crippen LogP contribution < -0.4 is 5.32 Å². The van der Waals surface area contributed by atoms with Gasteiger partial charge in [-0.3, -0.25) is 0 Å². The summed E-state index contributed by atoms with van der Waals surface area (Å²) in [6, 6.07) is 6.56. The molecule has 0 aliphatic carbocycles. The molecule has 1 saturated heterocycles. The van der Waals surface area contributed by atoms with Crippen molar-refractivity contribution in [2.75, 3.05) is 18.5 Å². The quantitative estimate of drug-likeness (QED) is 0.819. The van der Waals surface area contributed by atoms with Gasteiger partial charge in [-0.1, -0.05) is 6.07 Å². The summed E-state index contributed by atoms with van der Waals surface area (Å²) in [6.07, 6.45) is 2.81. The third-order valence-corrected chi connectivity index (χ3v) is 2.78. The Bertz CT molecular complexity index is 309. The smallest absolute Gasteiger partial charge is 0.0748 e. The highest BCUT2D eigenvalue weighted by molar-refractivity contribution is 5.48. The van der Waals surface area contributed by atoms with Crippen LogP contribution in [0.5, 0.6) is 0 Å². The Morgan fingerprint density at radius 1 is 1.27 bits per heavy atom. The fraction of sp³-hybridized carbons (Fsp3) is 0.538. The molecule has 0 spiro atoms. The van der Waals surface area contributed by atoms with E-state index in [-0.39, 0.29) is 0 Å². The second-order valence-electron chi connectivity index (χ2n) is 4.39. The minimum Gasteiger partial charge on any atom is -0.382 e. The summed E-state index contributed by atoms with van der Waals surface area (Å²) >= 11 is 0. The summed E-state index contributed by atoms with van der Waals surface area (Å²) in [7, 11) is 0. The van der Waals surface area contributed by atoms with Gasteiger partial charge in [-0.25, -0.2) is 0 Å². The van der Waals surface area contributed by atoms with Crippen LogP contribution in [0.15, 0.2) is 18.2 Å². The molecule has 15 heavy (non-hydrogen) atoms. The molecule has 1 N–H and O–H groups in total. The molecule has 1 heterocycles. The predicted octanol–water partition coefficient (Wildman–Crippen LogP) is 2.89. The Morgan fingerprint density at radius 3 is 2.60 bits per heavy atom. The standard InChI is InChI=1S/C13H19NO/c1-10-6-11(2)8-12(7-10)14-9-13-4-3-5-15-13/h6-8,13-14H,3-5,9H2,1-2H3. The number of hydrogen-bond acceptors (Lipinski definition) is 2. The molecular formula is C13H19NO. The maximum absolute atomic E-state index is 5.57. The van der Waals surface area contributed by atoms with Gasteiger partial charge in [0.1, 0.15) is 0 Å². The predicted molar refractivity (Wildman–Crippen MR) is 63.4 cm³/mol. The van der Waals surface area contributed by atoms with Crippen molar-refractivity contribution in [3.8, 4) is 0 Å². The molecule has 2 heteroatoms. The zero-order valence-electron chi connectivity index (χ0n) is 9.55. The largest absolute Gasteiger partial charge is 0.382 e. The van der Waals surface area contributed by atoms with E-state index in [4.69, 9.17) is 4.74 Å². The van der Waals surface area contributed by atoms with Gasteiger partial charge in [-0.15, -0.1) is 0 Å². The van der Waals surface area contributed by atoms with E-state index < -0.39 is 0 Å². The first kappa shape index (κ1) is 10.5. The zero-order valence-corrected chi connectivity index (χ0v) is 9.55. The molecule has 1 aliphatic rings. The van der Waals surface area contributed by atoms with E-state index in [2.05, 4.69) is 37.4 Å². The lowest BCUT2D eigenvalue weighted by Gasteiger charge is -2.12. The minimum absolute atomic E-state index is 0.408. The third-order valence-electron chi connectivity index (χ3n) is 2.78. The number of hydrogen-bond donors (Lipinski definition) is 1. The maximum atomic E-state index is 5.57. The number of nitrogens with one attached hydrogen (secondary N) is 1. The second kappa shape index (κ2) is 4.67. The molecule has 0 aromatic heterocycles. The minimum atomic E-state index is 0.408. The summed E-state index contributed by atoms with van der Waals surface area (Å²) in [5, 5.41) is 3.44. The Kier molecular flexibility index (Phi) is 3.27. The van der Waals surface area contributed by atoms with Gasteiger partial charge in [0.15, 0.2) is 0 Å². The molecule has 0 bridgehead atoms. The van der Waals surface area contributed by atoms with Crippen molar-refractivity contribution in [2.45, 2.75) is 32.8 Å². The van der Waals surface area contributed by atoms with E-state index in [1.807, 2.05) is 0 Å². The van der Waals surface area contributed by atoms with Crippen molar-refractivity contribution in [1.82, 2.24) is 0 Å². The number of rotatable bonds is 3. The molecule has 1 unspecified atom stereocenters. The van der Waals surface area contributed by atoms with E-state index in [0.717, 1.165) is 13.2 Å². The summed E-state index contributed by atoms with van der Waals surface area (Å²) in [5.41, 5.74) is 3.83. The monoisotopic (exact) mass is 205 g/mol. The molecule has 1 fully saturated rings. The highest BCUT2D eigenvalue weighted by atomic mass is 16.5. The Labute approximate surface area is 91.6 Å². The number of aryl methyl sites for hydroxylation is 2. The summed E-state index contributed by atoms with van der Waals surface area (Å²) in [5.74, 6) is 0. The Hall–Kier alpha value is -1.02. The highest BCUT2D eigenvalue weighted by Gasteiger charge is 2.14. The highest BCUT2D eigenvalue weighted by Crippen LogP contribution is 2.16. The Morgan fingerprint density at radius 2 is 2.00 bits per heavy atom. The van der Waals surface area contributed by atoms with Gasteiger partial charge in [0.05, 0.1) is 6.10 Å². The maximum Gasteiger partial charge on any atom is 0.0748 e. The lowest BCUT2D eigenvalue weighted by atomic mass is 10.1. The third kappa shape index (κ3) is 2.96. The average molecular weight is 205 g/mol. The lowest BCUT2D eigenvalue weighted by molar-refractivity contribution is 0.120. The van der Waals surface area contributed by atoms with Crippen molar-refractivity contribution in [1.29, 1.82) is 0 Å². The van der Waals surface area contributed by atoms with E-state index in [9.17, 15) is 0 Å². The van der Waals surface area contributed by atoms with Crippen LogP contribution in [0.1, 0.15) is 24.0 Å². The fourth-order valence-corrected chi connectivity index (χ4v) is 2.11. The van der Waals surface area contributed by atoms with Crippen molar-refractivity contribution in [3.63, 3.8) is 0 Å². The molecule has 0 radical (unpaired) electrons. The summed E-state index contributed by atoms with van der Waals surface area (Å²) < 4.78 is 5.57. The van der Waals surface area contributed by atoms with E-state index in [1.54, 1.807) is 0 Å². The molecule has 0 saturated carbocycles. The molecule has 1 aromatic rings. The van der Waals surface area contributed by atoms with Gasteiger partial charge in [-0.2, -0.15) is 0 Å². The molecule has 1 aliphatic heterocycles. The molecule has 2 nitrogen and oxygen atoms in total. The van der Waals surface area contributed by atoms with Gasteiger partial charge in [0, 0.05) is 18.8 Å². The first-order chi connectivity index (χ1) is 7.24. The second-order valence-corrected chi connectivity index (χ2v) is 4.39. The van der Waals surface area contributed by atoms with E-state index >= 15 is 0 Å². The fourth-order valence-electron chi connectivity index (χ4n) is 2.11. The lowest BCUT2D eigenvalue weighted by Crippen LogP contribution is -2.18. The van der Waals surface area contributed by atoms with Gasteiger partial charge >= 0.3 is 0 Å². The van der Waals surface area contributed by atoms with Crippen LogP contribution in [0.3, 0.4) is 0 Å². The SMILES string of the molecule is Cc1cc(C)cc(NCC2CCCO2)c1. The Balaban J connectivity index is 1.92. The van der Waals surface area contributed by atoms with Crippen LogP contribution in [0.2, 0.25) is 0 Å². The van der Waals surface area contributed by atoms with Crippen molar-refractivity contribution < 1.29 is 4.74 Å². The first-order valence-corrected chi connectivity index (χ1v) is 5.68. The van der Waals surface area contributed by atoms with Crippen LogP contribution in [-0.4, -0.2) is 19.3 Å².